The molecule has 1 aromatic carbocycles. The van der Waals surface area contributed by atoms with Crippen molar-refractivity contribution < 1.29 is 4.79 Å². The van der Waals surface area contributed by atoms with Gasteiger partial charge in [-0.2, -0.15) is 0 Å². The Morgan fingerprint density at radius 1 is 1.36 bits per heavy atom. The van der Waals surface area contributed by atoms with Gasteiger partial charge in [0.15, 0.2) is 0 Å². The number of aromatic amines is 1. The van der Waals surface area contributed by atoms with Crippen LogP contribution >= 0.6 is 15.9 Å². The van der Waals surface area contributed by atoms with Crippen molar-refractivity contribution >= 4 is 38.3 Å². The number of nitrogens with one attached hydrogen (secondary N) is 2. The van der Waals surface area contributed by atoms with Crippen molar-refractivity contribution in [1.82, 2.24) is 15.2 Å². The smallest absolute Gasteiger partial charge is 0.225 e. The zero-order valence-electron chi connectivity index (χ0n) is 15.1. The summed E-state index contributed by atoms with van der Waals surface area (Å²) in [6, 6.07) is 6.83. The first-order valence-electron chi connectivity index (χ1n) is 8.78. The van der Waals surface area contributed by atoms with Crippen molar-refractivity contribution in [2.24, 2.45) is 5.41 Å². The van der Waals surface area contributed by atoms with Crippen LogP contribution in [-0.4, -0.2) is 41.5 Å². The lowest BCUT2D eigenvalue weighted by Gasteiger charge is -2.40. The lowest BCUT2D eigenvalue weighted by Crippen LogP contribution is -2.52. The Morgan fingerprint density at radius 3 is 2.84 bits per heavy atom. The van der Waals surface area contributed by atoms with Gasteiger partial charge < -0.3 is 10.3 Å². The second kappa shape index (κ2) is 5.71. The number of benzene rings is 1. The molecular weight excluding hydrogens is 378 g/mol. The van der Waals surface area contributed by atoms with E-state index in [1.54, 1.807) is 0 Å². The summed E-state index contributed by atoms with van der Waals surface area (Å²) in [4.78, 5) is 18.2. The highest BCUT2D eigenvalue weighted by Gasteiger charge is 2.35. The van der Waals surface area contributed by atoms with Gasteiger partial charge in [-0.05, 0) is 52.2 Å². The second-order valence-electron chi connectivity index (χ2n) is 8.26. The molecule has 0 saturated carbocycles. The van der Waals surface area contributed by atoms with E-state index in [0.29, 0.717) is 6.04 Å². The molecule has 2 N–H and O–H groups in total. The molecule has 1 aliphatic carbocycles. The molecule has 5 heteroatoms. The molecule has 1 aromatic heterocycles. The van der Waals surface area contributed by atoms with Crippen LogP contribution in [0.1, 0.15) is 31.9 Å². The minimum atomic E-state index is -0.376. The van der Waals surface area contributed by atoms with Gasteiger partial charge in [-0.3, -0.25) is 9.69 Å². The predicted molar refractivity (Wildman–Crippen MR) is 105 cm³/mol. The Kier molecular flexibility index (Phi) is 3.85. The lowest BCUT2D eigenvalue weighted by molar-refractivity contribution is -0.129. The number of hydrogen-bond donors (Lipinski definition) is 2. The van der Waals surface area contributed by atoms with E-state index in [1.165, 1.54) is 27.6 Å². The lowest BCUT2D eigenvalue weighted by atomic mass is 9.81. The number of carbonyl (C=O) groups is 1. The highest BCUT2D eigenvalue weighted by atomic mass is 79.9. The normalized spacial score (nSPS) is 23.3. The molecule has 0 fully saturated rings. The summed E-state index contributed by atoms with van der Waals surface area (Å²) in [6.45, 7) is 6.70. The summed E-state index contributed by atoms with van der Waals surface area (Å²) in [5.74, 6) is 0.0975. The fourth-order valence-electron chi connectivity index (χ4n) is 3.97. The maximum Gasteiger partial charge on any atom is 0.225 e. The van der Waals surface area contributed by atoms with Crippen LogP contribution in [0.3, 0.4) is 0 Å². The van der Waals surface area contributed by atoms with Gasteiger partial charge in [0.05, 0.1) is 10.6 Å². The van der Waals surface area contributed by atoms with Crippen LogP contribution in [0, 0.1) is 5.41 Å². The first-order chi connectivity index (χ1) is 11.8. The summed E-state index contributed by atoms with van der Waals surface area (Å²) < 4.78 is 1.09. The summed E-state index contributed by atoms with van der Waals surface area (Å²) in [5, 5.41) is 4.52. The Labute approximate surface area is 156 Å². The van der Waals surface area contributed by atoms with E-state index >= 15 is 0 Å². The molecule has 0 spiro atoms. The van der Waals surface area contributed by atoms with Gasteiger partial charge in [0, 0.05) is 28.9 Å². The van der Waals surface area contributed by atoms with Gasteiger partial charge in [-0.25, -0.2) is 0 Å². The molecule has 25 heavy (non-hydrogen) atoms. The fourth-order valence-corrected chi connectivity index (χ4v) is 4.55. The van der Waals surface area contributed by atoms with Gasteiger partial charge in [0.25, 0.3) is 0 Å². The van der Waals surface area contributed by atoms with Crippen molar-refractivity contribution in [2.75, 3.05) is 13.6 Å². The molecule has 2 atom stereocenters. The number of carbonyl (C=O) groups excluding carboxylic acids is 1. The highest BCUT2D eigenvalue weighted by Crippen LogP contribution is 2.42. The van der Waals surface area contributed by atoms with Gasteiger partial charge in [0.1, 0.15) is 0 Å². The van der Waals surface area contributed by atoms with Crippen LogP contribution in [0.4, 0.5) is 0 Å². The van der Waals surface area contributed by atoms with Gasteiger partial charge in [-0.1, -0.05) is 39.0 Å². The van der Waals surface area contributed by atoms with Crippen molar-refractivity contribution in [3.63, 3.8) is 0 Å². The Hall–Kier alpha value is -1.59. The van der Waals surface area contributed by atoms with Gasteiger partial charge in [-0.15, -0.1) is 0 Å². The zero-order valence-corrected chi connectivity index (χ0v) is 16.7. The summed E-state index contributed by atoms with van der Waals surface area (Å²) in [7, 11) is 2.15. The van der Waals surface area contributed by atoms with Crippen molar-refractivity contribution in [1.29, 1.82) is 0 Å². The summed E-state index contributed by atoms with van der Waals surface area (Å²) >= 11 is 3.69. The Morgan fingerprint density at radius 2 is 2.12 bits per heavy atom. The molecule has 4 nitrogen and oxygen atoms in total. The molecule has 0 radical (unpaired) electrons. The molecule has 1 amide bonds. The molecule has 4 rings (SSSR count). The quantitative estimate of drug-likeness (QED) is 0.764. The van der Waals surface area contributed by atoms with E-state index < -0.39 is 0 Å². The summed E-state index contributed by atoms with van der Waals surface area (Å²) in [6.07, 6.45) is 3.26. The number of rotatable bonds is 1. The maximum atomic E-state index is 12.4. The SMILES string of the molecule is CN1C[C@@H](NC(=O)C(C)(C)C)C=C2c3cccc4[nH]c(Br)c(c34)C[C@H]21. The second-order valence-corrected chi connectivity index (χ2v) is 9.05. The molecule has 0 bridgehead atoms. The van der Waals surface area contributed by atoms with Crippen LogP contribution in [0.2, 0.25) is 0 Å². The third-order valence-electron chi connectivity index (χ3n) is 5.34. The minimum Gasteiger partial charge on any atom is -0.349 e. The summed E-state index contributed by atoms with van der Waals surface area (Å²) in [5.41, 5.74) is 4.77. The zero-order chi connectivity index (χ0) is 17.9. The average Bonchev–Trinajstić information content (AvgIpc) is 2.85. The van der Waals surface area contributed by atoms with Crippen LogP contribution in [0.25, 0.3) is 16.5 Å². The largest absolute Gasteiger partial charge is 0.349 e. The molecule has 2 aromatic rings. The number of fused-ring (bicyclic) bond motifs is 2. The maximum absolute atomic E-state index is 12.4. The third-order valence-corrected chi connectivity index (χ3v) is 6.02. The number of aromatic nitrogens is 1. The molecular formula is C20H24BrN3O. The number of amides is 1. The number of nitrogens with zero attached hydrogens (tertiary/aromatic N) is 1. The number of halogens is 1. The Bertz CT molecular complexity index is 890. The van der Waals surface area contributed by atoms with Gasteiger partial charge in [0.2, 0.25) is 5.91 Å². The van der Waals surface area contributed by atoms with Crippen molar-refractivity contribution in [3.05, 3.63) is 40.0 Å². The third kappa shape index (κ3) is 2.74. The molecule has 0 saturated heterocycles. The molecule has 0 unspecified atom stereocenters. The number of H-pyrrole nitrogens is 1. The van der Waals surface area contributed by atoms with Crippen LogP contribution in [-0.2, 0) is 11.2 Å². The fraction of sp³-hybridized carbons (Fsp3) is 0.450. The number of likely N-dealkylation sites (N-methyl/N-ethyl adjacent to an activating group) is 1. The van der Waals surface area contributed by atoms with E-state index in [2.05, 4.69) is 62.5 Å². The average molecular weight is 402 g/mol. The minimum absolute atomic E-state index is 0.0437. The van der Waals surface area contributed by atoms with Crippen LogP contribution in [0.15, 0.2) is 28.9 Å². The first kappa shape index (κ1) is 16.9. The van der Waals surface area contributed by atoms with E-state index in [9.17, 15) is 4.79 Å². The molecule has 1 aliphatic heterocycles. The monoisotopic (exact) mass is 401 g/mol. The van der Waals surface area contributed by atoms with E-state index in [0.717, 1.165) is 17.6 Å². The van der Waals surface area contributed by atoms with Gasteiger partial charge >= 0.3 is 0 Å². The van der Waals surface area contributed by atoms with Crippen molar-refractivity contribution in [3.8, 4) is 0 Å². The Balaban J connectivity index is 1.78. The van der Waals surface area contributed by atoms with Crippen LogP contribution in [0.5, 0.6) is 0 Å². The van der Waals surface area contributed by atoms with Crippen molar-refractivity contribution in [2.45, 2.75) is 39.3 Å². The first-order valence-corrected chi connectivity index (χ1v) is 9.57. The molecule has 132 valence electrons. The topological polar surface area (TPSA) is 48.1 Å². The molecule has 2 aliphatic rings. The van der Waals surface area contributed by atoms with Crippen LogP contribution < -0.4 is 5.32 Å². The standard InChI is InChI=1S/C20H24BrN3O/c1-20(2,3)19(25)22-11-8-13-12-6-5-7-15-17(12)14(18(21)23-15)9-16(13)24(4)10-11/h5-8,11,16,23H,9-10H2,1-4H3,(H,22,25)/t11-,16+/m0/s1. The predicted octanol–water partition coefficient (Wildman–Crippen LogP) is 3.71. The van der Waals surface area contributed by atoms with E-state index in [-0.39, 0.29) is 17.4 Å². The van der Waals surface area contributed by atoms with E-state index in [1.807, 2.05) is 20.8 Å². The van der Waals surface area contributed by atoms with E-state index in [4.69, 9.17) is 0 Å². The number of hydrogen-bond acceptors (Lipinski definition) is 2. The highest BCUT2D eigenvalue weighted by molar-refractivity contribution is 9.10. The molecule has 2 heterocycles.